The molecule has 3 rings (SSSR count). The van der Waals surface area contributed by atoms with Crippen LogP contribution >= 0.6 is 28.3 Å². The lowest BCUT2D eigenvalue weighted by molar-refractivity contribution is 0.741. The minimum atomic E-state index is -0.118. The molecule has 0 spiro atoms. The molecule has 2 N–H and O–H groups in total. The van der Waals surface area contributed by atoms with Crippen molar-refractivity contribution in [2.75, 3.05) is 11.9 Å². The maximum atomic E-state index is 12.3. The first-order valence-corrected chi connectivity index (χ1v) is 10.1. The molecule has 3 heterocycles. The first-order chi connectivity index (χ1) is 13.5. The fourth-order valence-electron chi connectivity index (χ4n) is 2.91. The van der Waals surface area contributed by atoms with Gasteiger partial charge in [-0.2, -0.15) is 0 Å². The van der Waals surface area contributed by atoms with Gasteiger partial charge >= 0.3 is 0 Å². The van der Waals surface area contributed by atoms with E-state index in [2.05, 4.69) is 54.2 Å². The first-order valence-electron chi connectivity index (χ1n) is 9.36. The molecule has 0 aliphatic carbocycles. The number of pyridine rings is 2. The van der Waals surface area contributed by atoms with Crippen molar-refractivity contribution in [1.82, 2.24) is 19.9 Å². The zero-order chi connectivity index (χ0) is 19.9. The van der Waals surface area contributed by atoms with E-state index >= 15 is 0 Å². The van der Waals surface area contributed by atoms with E-state index in [0.717, 1.165) is 47.2 Å². The normalized spacial score (nSPS) is 10.4. The van der Waals surface area contributed by atoms with Gasteiger partial charge in [0, 0.05) is 53.0 Å². The summed E-state index contributed by atoms with van der Waals surface area (Å²) in [6.07, 6.45) is 8.72. The fraction of sp³-hybridized carbons (Fsp3) is 0.333. The highest BCUT2D eigenvalue weighted by atomic mass is 79.9. The number of aromatic nitrogens is 4. The number of nitrogens with one attached hydrogen (secondary N) is 2. The van der Waals surface area contributed by atoms with Crippen molar-refractivity contribution in [3.05, 3.63) is 79.7 Å². The molecule has 3 aromatic rings. The number of nitrogens with zero attached hydrogens (tertiary/aromatic N) is 3. The summed E-state index contributed by atoms with van der Waals surface area (Å²) in [4.78, 5) is 28.1. The van der Waals surface area contributed by atoms with E-state index in [9.17, 15) is 4.79 Å². The van der Waals surface area contributed by atoms with Crippen LogP contribution < -0.4 is 10.9 Å². The summed E-state index contributed by atoms with van der Waals surface area (Å²) < 4.78 is 1.01. The van der Waals surface area contributed by atoms with Crippen LogP contribution in [0.5, 0.6) is 0 Å². The average molecular weight is 479 g/mol. The molecule has 0 amide bonds. The highest BCUT2D eigenvalue weighted by molar-refractivity contribution is 9.10. The number of H-pyrrole nitrogens is 1. The number of rotatable bonds is 8. The minimum Gasteiger partial charge on any atom is -0.356 e. The van der Waals surface area contributed by atoms with Crippen LogP contribution in [-0.2, 0) is 12.8 Å². The van der Waals surface area contributed by atoms with Gasteiger partial charge in [-0.25, -0.2) is 4.98 Å². The Bertz CT molecular complexity index is 991. The second-order valence-corrected chi connectivity index (χ2v) is 7.79. The summed E-state index contributed by atoms with van der Waals surface area (Å²) in [5.41, 5.74) is 4.80. The van der Waals surface area contributed by atoms with E-state index in [4.69, 9.17) is 0 Å². The van der Waals surface area contributed by atoms with E-state index in [1.54, 1.807) is 12.4 Å². The number of halogens is 2. The zero-order valence-electron chi connectivity index (χ0n) is 16.5. The molecule has 0 saturated heterocycles. The van der Waals surface area contributed by atoms with Gasteiger partial charge in [0.25, 0.3) is 5.56 Å². The van der Waals surface area contributed by atoms with Crippen LogP contribution in [0.4, 0.5) is 5.95 Å². The molecule has 29 heavy (non-hydrogen) atoms. The molecule has 0 saturated carbocycles. The van der Waals surface area contributed by atoms with Crippen molar-refractivity contribution in [2.24, 2.45) is 0 Å². The zero-order valence-corrected chi connectivity index (χ0v) is 18.9. The summed E-state index contributed by atoms with van der Waals surface area (Å²) >= 11 is 3.44. The topological polar surface area (TPSA) is 83.6 Å². The molecule has 0 fully saturated rings. The third-order valence-corrected chi connectivity index (χ3v) is 4.96. The van der Waals surface area contributed by atoms with Gasteiger partial charge in [0.15, 0.2) is 0 Å². The van der Waals surface area contributed by atoms with Crippen molar-refractivity contribution in [2.45, 2.75) is 39.5 Å². The predicted molar refractivity (Wildman–Crippen MR) is 122 cm³/mol. The summed E-state index contributed by atoms with van der Waals surface area (Å²) in [7, 11) is 0. The molecule has 6 nitrogen and oxygen atoms in total. The van der Waals surface area contributed by atoms with E-state index in [0.29, 0.717) is 17.9 Å². The summed E-state index contributed by atoms with van der Waals surface area (Å²) in [6, 6.07) is 6.01. The van der Waals surface area contributed by atoms with Crippen LogP contribution in [0, 0.1) is 13.8 Å². The smallest absolute Gasteiger partial charge is 0.255 e. The lowest BCUT2D eigenvalue weighted by atomic mass is 10.1. The number of anilines is 1. The van der Waals surface area contributed by atoms with E-state index in [1.807, 2.05) is 25.3 Å². The molecule has 3 aromatic heterocycles. The van der Waals surface area contributed by atoms with Crippen molar-refractivity contribution in [1.29, 1.82) is 0 Å². The van der Waals surface area contributed by atoms with Crippen LogP contribution in [0.25, 0.3) is 0 Å². The van der Waals surface area contributed by atoms with Crippen molar-refractivity contribution < 1.29 is 0 Å². The van der Waals surface area contributed by atoms with E-state index in [-0.39, 0.29) is 18.0 Å². The molecule has 0 aliphatic heterocycles. The average Bonchev–Trinajstić information content (AvgIpc) is 2.67. The van der Waals surface area contributed by atoms with Gasteiger partial charge in [0.2, 0.25) is 5.95 Å². The Morgan fingerprint density at radius 2 is 1.90 bits per heavy atom. The summed E-state index contributed by atoms with van der Waals surface area (Å²) in [6.45, 7) is 4.77. The van der Waals surface area contributed by atoms with Gasteiger partial charge in [-0.1, -0.05) is 6.07 Å². The van der Waals surface area contributed by atoms with Crippen molar-refractivity contribution in [3.63, 3.8) is 0 Å². The lowest BCUT2D eigenvalue weighted by Crippen LogP contribution is -2.17. The van der Waals surface area contributed by atoms with Gasteiger partial charge < -0.3 is 5.32 Å². The molecule has 0 bridgehead atoms. The van der Waals surface area contributed by atoms with Crippen molar-refractivity contribution in [3.8, 4) is 0 Å². The number of aromatic amines is 1. The number of hydrogen-bond acceptors (Lipinski definition) is 5. The summed E-state index contributed by atoms with van der Waals surface area (Å²) in [5.74, 6) is 0.508. The van der Waals surface area contributed by atoms with E-state index < -0.39 is 0 Å². The SMILES string of the molecule is Cc1ccc(Cc2cnc(NCCCCc3ncc(Br)cc3C)[nH]c2=O)cn1.Cl. The Morgan fingerprint density at radius 1 is 1.07 bits per heavy atom. The second-order valence-electron chi connectivity index (χ2n) is 6.87. The van der Waals surface area contributed by atoms with Crippen LogP contribution in [0.15, 0.2) is 46.1 Å². The molecular weight excluding hydrogens is 454 g/mol. The minimum absolute atomic E-state index is 0. The highest BCUT2D eigenvalue weighted by Gasteiger charge is 2.05. The Labute approximate surface area is 185 Å². The van der Waals surface area contributed by atoms with E-state index in [1.165, 1.54) is 5.56 Å². The fourth-order valence-corrected chi connectivity index (χ4v) is 3.36. The number of hydrogen-bond donors (Lipinski definition) is 2. The summed E-state index contributed by atoms with van der Waals surface area (Å²) in [5, 5.41) is 3.19. The van der Waals surface area contributed by atoms with Crippen molar-refractivity contribution >= 4 is 34.3 Å². The maximum Gasteiger partial charge on any atom is 0.255 e. The lowest BCUT2D eigenvalue weighted by Gasteiger charge is -2.08. The molecule has 0 unspecified atom stereocenters. The monoisotopic (exact) mass is 477 g/mol. The molecule has 0 radical (unpaired) electrons. The van der Waals surface area contributed by atoms with Crippen LogP contribution in [0.1, 0.15) is 40.9 Å². The second kappa shape index (κ2) is 11.1. The van der Waals surface area contributed by atoms with Gasteiger partial charge in [-0.05, 0) is 72.3 Å². The first kappa shape index (κ1) is 23.0. The van der Waals surface area contributed by atoms with Crippen LogP contribution in [0.2, 0.25) is 0 Å². The van der Waals surface area contributed by atoms with Gasteiger partial charge in [0.05, 0.1) is 0 Å². The molecule has 154 valence electrons. The highest BCUT2D eigenvalue weighted by Crippen LogP contribution is 2.14. The molecule has 8 heteroatoms. The van der Waals surface area contributed by atoms with Crippen LogP contribution in [-0.4, -0.2) is 26.5 Å². The van der Waals surface area contributed by atoms with Crippen LogP contribution in [0.3, 0.4) is 0 Å². The third-order valence-electron chi connectivity index (χ3n) is 4.53. The Morgan fingerprint density at radius 3 is 2.59 bits per heavy atom. The Hall–Kier alpha value is -2.25. The maximum absolute atomic E-state index is 12.3. The molecule has 0 aliphatic rings. The molecular formula is C21H25BrClN5O. The number of unbranched alkanes of at least 4 members (excludes halogenated alkanes) is 1. The quantitative estimate of drug-likeness (QED) is 0.469. The van der Waals surface area contributed by atoms with Gasteiger partial charge in [-0.3, -0.25) is 19.7 Å². The Balaban J connectivity index is 0.00000300. The predicted octanol–water partition coefficient (Wildman–Crippen LogP) is 4.39. The largest absolute Gasteiger partial charge is 0.356 e. The Kier molecular flexibility index (Phi) is 8.79. The molecule has 0 atom stereocenters. The number of aryl methyl sites for hydroxylation is 3. The molecule has 0 aromatic carbocycles. The van der Waals surface area contributed by atoms with Gasteiger partial charge in [-0.15, -0.1) is 12.4 Å². The standard InChI is InChI=1S/C21H24BrN5O.ClH/c1-14-9-18(22)13-25-19(14)5-3-4-8-23-21-26-12-17(20(28)27-21)10-16-7-6-15(2)24-11-16;/h6-7,9,11-13H,3-5,8,10H2,1-2H3,(H2,23,26,27,28);1H. The third kappa shape index (κ3) is 6.94. The van der Waals surface area contributed by atoms with Gasteiger partial charge in [0.1, 0.15) is 0 Å².